The number of carbonyl (C=O) groups is 4. The molecule has 11 N–H and O–H groups in total. The Bertz CT molecular complexity index is 2500. The summed E-state index contributed by atoms with van der Waals surface area (Å²) in [6, 6.07) is 0. The molecule has 0 radical (unpaired) electrons. The van der Waals surface area contributed by atoms with Crippen molar-refractivity contribution in [3.05, 3.63) is 11.6 Å². The number of fused-ring (bicyclic) bond motifs is 7. The predicted molar refractivity (Wildman–Crippen MR) is 315 cm³/mol. The van der Waals surface area contributed by atoms with Crippen LogP contribution in [-0.4, -0.2) is 210 Å². The molecule has 25 heteroatoms. The molecule has 0 aromatic rings. The highest BCUT2D eigenvalue weighted by Gasteiger charge is 2.73. The van der Waals surface area contributed by atoms with Gasteiger partial charge in [0.15, 0.2) is 18.5 Å². The Morgan fingerprint density at radius 3 is 1.98 bits per heavy atom. The Labute approximate surface area is 528 Å². The van der Waals surface area contributed by atoms with E-state index in [9.17, 15) is 70.7 Å². The summed E-state index contributed by atoms with van der Waals surface area (Å²) in [5.41, 5.74) is -3.55. The molecule has 0 spiro atoms. The molecular weight excluding hydrogens is 1180 g/mol. The molecule has 11 unspecified atom stereocenters. The minimum Gasteiger partial charge on any atom is -0.462 e. The van der Waals surface area contributed by atoms with E-state index in [0.717, 1.165) is 11.9 Å². The smallest absolute Gasteiger partial charge is 0.317 e. The van der Waals surface area contributed by atoms with Crippen molar-refractivity contribution in [1.82, 2.24) is 0 Å². The van der Waals surface area contributed by atoms with Gasteiger partial charge in [0.1, 0.15) is 66.6 Å². The molecule has 90 heavy (non-hydrogen) atoms. The first-order valence-corrected chi connectivity index (χ1v) is 32.9. The second-order valence-corrected chi connectivity index (χ2v) is 29.9. The SMILES string of the molecule is CC[C@H](C)[C@H](C[C@H](O)CC(=O)O[C@@H]1C(C)O[C@@H](OC(=O)[C@]23CCC(C)(C)CC2C2=CCC4[C@@]5(C)CC[C@H](OO[C@@H]6OC[C@@H](O)C(O)C6O)[C@@](C)(C=O)C5CC[C@@]4(C)[C@]2(C)C[C@H]3O)C(O[C@@H]2OC(C)[C@H](OO)C(O)C2O)C1O)OC(=O)C[C@@H](O)C[C@H](O)[C@@H](C)CC. The maximum absolute atomic E-state index is 15.7. The first kappa shape index (κ1) is 72.9. The highest BCUT2D eigenvalue weighted by Crippen LogP contribution is 2.76. The van der Waals surface area contributed by atoms with E-state index in [0.29, 0.717) is 57.8 Å². The number of aldehydes is 1. The molecule has 7 fully saturated rings. The van der Waals surface area contributed by atoms with Gasteiger partial charge < -0.3 is 89.0 Å². The second kappa shape index (κ2) is 28.4. The number of allylic oxidation sites excluding steroid dienone is 2. The number of aliphatic hydroxyl groups excluding tert-OH is 10. The minimum absolute atomic E-state index is 0.0138. The average Bonchev–Trinajstić information content (AvgIpc) is 0.673. The Balaban J connectivity index is 1.02. The Kier molecular flexibility index (Phi) is 23.0. The van der Waals surface area contributed by atoms with Gasteiger partial charge in [0.2, 0.25) is 12.6 Å². The number of rotatable bonds is 23. The molecule has 3 heterocycles. The Morgan fingerprint density at radius 1 is 0.689 bits per heavy atom. The van der Waals surface area contributed by atoms with Gasteiger partial charge in [-0.25, -0.2) is 14.7 Å². The van der Waals surface area contributed by atoms with Crippen LogP contribution in [0.4, 0.5) is 0 Å². The van der Waals surface area contributed by atoms with Gasteiger partial charge in [-0.2, -0.15) is 0 Å². The molecule has 8 rings (SSSR count). The molecule has 0 aromatic carbocycles. The molecule has 0 amide bonds. The molecule has 0 bridgehead atoms. The van der Waals surface area contributed by atoms with Gasteiger partial charge >= 0.3 is 17.9 Å². The minimum atomic E-state index is -1.93. The lowest BCUT2D eigenvalue weighted by atomic mass is 9.33. The van der Waals surface area contributed by atoms with Crippen LogP contribution >= 0.6 is 0 Å². The normalized spacial score (nSPS) is 45.3. The van der Waals surface area contributed by atoms with Crippen LogP contribution in [0.15, 0.2) is 11.6 Å². The van der Waals surface area contributed by atoms with E-state index in [1.54, 1.807) is 6.92 Å². The highest BCUT2D eigenvalue weighted by atomic mass is 17.2. The summed E-state index contributed by atoms with van der Waals surface area (Å²) in [4.78, 5) is 72.1. The molecule has 3 saturated heterocycles. The third-order valence-corrected chi connectivity index (χ3v) is 23.8. The van der Waals surface area contributed by atoms with Crippen LogP contribution in [0.1, 0.15) is 179 Å². The summed E-state index contributed by atoms with van der Waals surface area (Å²) >= 11 is 0. The maximum atomic E-state index is 15.7. The predicted octanol–water partition coefficient (Wildman–Crippen LogP) is 3.61. The highest BCUT2D eigenvalue weighted by molar-refractivity contribution is 5.80. The lowest BCUT2D eigenvalue weighted by molar-refractivity contribution is -0.443. The fourth-order valence-electron chi connectivity index (χ4n) is 17.4. The van der Waals surface area contributed by atoms with Crippen molar-refractivity contribution in [2.45, 2.75) is 302 Å². The number of aliphatic hydroxyl groups is 10. The van der Waals surface area contributed by atoms with Crippen LogP contribution < -0.4 is 0 Å². The van der Waals surface area contributed by atoms with Crippen LogP contribution in [0, 0.1) is 62.1 Å². The summed E-state index contributed by atoms with van der Waals surface area (Å²) in [7, 11) is 0. The van der Waals surface area contributed by atoms with E-state index in [1.807, 2.05) is 27.7 Å². The lowest BCUT2D eigenvalue weighted by Crippen LogP contribution is -2.68. The fourth-order valence-corrected chi connectivity index (χ4v) is 17.4. The third-order valence-electron chi connectivity index (χ3n) is 23.8. The van der Waals surface area contributed by atoms with Crippen molar-refractivity contribution >= 4 is 24.2 Å². The molecule has 0 aromatic heterocycles. The standard InChI is InChI=1S/C65H106O25/c1-13-31(3)39(69)23-35(67)25-46(72)84-41(32(4)14-2)24-36(68)26-47(73)85-53-33(5)83-58(55(52(53)78)86-57-51(77)49(75)54(88-80)34(6)82-57)87-59(79)65-22-21-60(7,8)27-38(65)37-15-16-43-61(9)19-18-45(89-90-56-50(76)48(74)40(70)29-81-56)62(10,30-66)42(61)17-20-63(43,11)64(37,12)28-44(65)71/h15,30-36,38-45,48-58,67-71,74-78,80H,13-14,16-29H2,1-12H3/t31-,32-,33?,34?,35-,36-,38?,39-,40+,41-,42?,43?,44+,45-,48?,49?,50?,51?,52?,53+,54-,55?,56-,57-,58-,61-,62-,63+,64+,65+/m0/s1. The van der Waals surface area contributed by atoms with Gasteiger partial charge in [0.05, 0.1) is 61.5 Å². The quantitative estimate of drug-likeness (QED) is 0.0174. The molecule has 4 saturated carbocycles. The molecule has 30 atom stereocenters. The monoisotopic (exact) mass is 1290 g/mol. The van der Waals surface area contributed by atoms with Gasteiger partial charge in [-0.3, -0.25) is 19.6 Å². The van der Waals surface area contributed by atoms with E-state index in [4.69, 9.17) is 42.9 Å². The van der Waals surface area contributed by atoms with Gasteiger partial charge in [-0.05, 0) is 123 Å². The van der Waals surface area contributed by atoms with E-state index in [1.165, 1.54) is 13.8 Å². The van der Waals surface area contributed by atoms with E-state index in [-0.39, 0.29) is 61.4 Å². The number of carbonyl (C=O) groups excluding carboxylic acids is 4. The van der Waals surface area contributed by atoms with Crippen molar-refractivity contribution in [2.75, 3.05) is 6.61 Å². The fraction of sp³-hybridized carbons (Fsp3) is 0.908. The van der Waals surface area contributed by atoms with Gasteiger partial charge in [-0.1, -0.05) is 93.7 Å². The first-order valence-electron chi connectivity index (χ1n) is 32.9. The van der Waals surface area contributed by atoms with Gasteiger partial charge in [0, 0.05) is 12.8 Å². The van der Waals surface area contributed by atoms with E-state index in [2.05, 4.69) is 45.6 Å². The second-order valence-electron chi connectivity index (χ2n) is 29.9. The number of esters is 3. The summed E-state index contributed by atoms with van der Waals surface area (Å²) in [5, 5.41) is 121. The third kappa shape index (κ3) is 13.8. The molecule has 516 valence electrons. The summed E-state index contributed by atoms with van der Waals surface area (Å²) in [6.07, 6.45) is -21.4. The first-order chi connectivity index (χ1) is 42.1. The molecule has 3 aliphatic heterocycles. The van der Waals surface area contributed by atoms with Crippen molar-refractivity contribution in [2.24, 2.45) is 62.1 Å². The molecular formula is C65H106O25. The van der Waals surface area contributed by atoms with Crippen molar-refractivity contribution in [1.29, 1.82) is 0 Å². The summed E-state index contributed by atoms with van der Waals surface area (Å²) in [6.45, 7) is 22.8. The molecule has 25 nitrogen and oxygen atoms in total. The van der Waals surface area contributed by atoms with Crippen LogP contribution in [0.5, 0.6) is 0 Å². The topological polar surface area (TPSA) is 383 Å². The summed E-state index contributed by atoms with van der Waals surface area (Å²) < 4.78 is 41.9. The van der Waals surface area contributed by atoms with Crippen LogP contribution in [0.25, 0.3) is 0 Å². The zero-order valence-corrected chi connectivity index (χ0v) is 54.5. The van der Waals surface area contributed by atoms with Crippen LogP contribution in [-0.2, 0) is 67.0 Å². The average molecular weight is 1290 g/mol. The van der Waals surface area contributed by atoms with Crippen LogP contribution in [0.3, 0.4) is 0 Å². The van der Waals surface area contributed by atoms with Crippen molar-refractivity contribution in [3.8, 4) is 0 Å². The zero-order valence-electron chi connectivity index (χ0n) is 54.5. The van der Waals surface area contributed by atoms with Gasteiger partial charge in [-0.15, -0.1) is 0 Å². The van der Waals surface area contributed by atoms with Crippen molar-refractivity contribution < 1.29 is 123 Å². The summed E-state index contributed by atoms with van der Waals surface area (Å²) in [5.74, 6) is -3.79. The largest absolute Gasteiger partial charge is 0.462 e. The number of hydrogen-bond acceptors (Lipinski definition) is 25. The number of ether oxygens (including phenoxy) is 7. The van der Waals surface area contributed by atoms with Crippen LogP contribution in [0.2, 0.25) is 0 Å². The number of hydrogen-bond donors (Lipinski definition) is 11. The Hall–Kier alpha value is -2.90. The van der Waals surface area contributed by atoms with E-state index < -0.39 is 186 Å². The maximum Gasteiger partial charge on any atom is 0.317 e. The molecule has 8 aliphatic rings. The van der Waals surface area contributed by atoms with Crippen molar-refractivity contribution in [3.63, 3.8) is 0 Å². The zero-order chi connectivity index (χ0) is 66.5. The van der Waals surface area contributed by atoms with Gasteiger partial charge in [0.25, 0.3) is 0 Å². The molecule has 5 aliphatic carbocycles. The van der Waals surface area contributed by atoms with E-state index >= 15 is 4.79 Å². The lowest BCUT2D eigenvalue weighted by Gasteiger charge is -2.71. The Morgan fingerprint density at radius 2 is 1.32 bits per heavy atom.